The molecule has 0 unspecified atom stereocenters. The third-order valence-corrected chi connectivity index (χ3v) is 7.71. The van der Waals surface area contributed by atoms with Crippen LogP contribution in [0.3, 0.4) is 0 Å². The summed E-state index contributed by atoms with van der Waals surface area (Å²) < 4.78 is 30.1. The van der Waals surface area contributed by atoms with Gasteiger partial charge in [-0.15, -0.1) is 0 Å². The Balaban J connectivity index is 1.90. The lowest BCUT2D eigenvalue weighted by atomic mass is 10.1. The first-order chi connectivity index (χ1) is 14.9. The van der Waals surface area contributed by atoms with Crippen LogP contribution in [0.1, 0.15) is 39.5 Å². The van der Waals surface area contributed by atoms with Crippen molar-refractivity contribution in [2.75, 3.05) is 5.43 Å². The lowest BCUT2D eigenvalue weighted by Gasteiger charge is -2.18. The molecule has 2 fully saturated rings. The van der Waals surface area contributed by atoms with Crippen molar-refractivity contribution in [2.45, 2.75) is 56.5 Å². The van der Waals surface area contributed by atoms with Crippen LogP contribution in [0.15, 0.2) is 44.8 Å². The van der Waals surface area contributed by atoms with Gasteiger partial charge in [0.15, 0.2) is 0 Å². The van der Waals surface area contributed by atoms with E-state index in [1.54, 1.807) is 13.0 Å². The number of nitrogens with zero attached hydrogens (tertiary/aromatic N) is 3. The molecule has 0 bridgehead atoms. The predicted octanol–water partition coefficient (Wildman–Crippen LogP) is 0.944. The van der Waals surface area contributed by atoms with Crippen LogP contribution >= 0.6 is 0 Å². The van der Waals surface area contributed by atoms with Crippen molar-refractivity contribution in [1.82, 2.24) is 14.0 Å². The van der Waals surface area contributed by atoms with Gasteiger partial charge in [0.1, 0.15) is 11.6 Å². The summed E-state index contributed by atoms with van der Waals surface area (Å²) in [6, 6.07) is 5.57. The molecule has 1 aromatic carbocycles. The fraction of sp³-hybridized carbons (Fsp3) is 0.429. The Labute approximate surface area is 184 Å². The molecule has 0 atom stereocenters. The maximum atomic E-state index is 13.1. The lowest BCUT2D eigenvalue weighted by Crippen LogP contribution is -2.47. The molecule has 1 heterocycles. The average molecular weight is 458 g/mol. The maximum Gasteiger partial charge on any atom is 0.350 e. The van der Waals surface area contributed by atoms with Crippen LogP contribution in [0.5, 0.6) is 0 Å². The average Bonchev–Trinajstić information content (AvgIpc) is 3.66. The van der Waals surface area contributed by atoms with Crippen LogP contribution in [0.25, 0.3) is 10.9 Å². The molecule has 2 aliphatic carbocycles. The first-order valence-corrected chi connectivity index (χ1v) is 11.6. The Morgan fingerprint density at radius 1 is 1.22 bits per heavy atom. The Kier molecular flexibility index (Phi) is 4.91. The molecule has 0 aliphatic heterocycles. The van der Waals surface area contributed by atoms with Crippen LogP contribution < -0.4 is 21.4 Å². The van der Waals surface area contributed by atoms with E-state index in [2.05, 4.69) is 16.7 Å². The second-order valence-electron chi connectivity index (χ2n) is 9.20. The summed E-state index contributed by atoms with van der Waals surface area (Å²) in [5.74, 6) is -0.998. The minimum absolute atomic E-state index is 0.0412. The number of benzene rings is 1. The Morgan fingerprint density at radius 3 is 2.44 bits per heavy atom. The predicted molar refractivity (Wildman–Crippen MR) is 117 cm³/mol. The fourth-order valence-electron chi connectivity index (χ4n) is 3.42. The smallest absolute Gasteiger partial charge is 0.291 e. The number of hydrogen-bond acceptors (Lipinski definition) is 6. The van der Waals surface area contributed by atoms with Crippen LogP contribution in [0, 0.1) is 16.7 Å². The highest BCUT2D eigenvalue weighted by atomic mass is 32.2. The zero-order valence-electron chi connectivity index (χ0n) is 17.8. The van der Waals surface area contributed by atoms with Crippen LogP contribution in [-0.4, -0.2) is 29.1 Å². The number of sulfonamides is 1. The van der Waals surface area contributed by atoms with Crippen molar-refractivity contribution in [3.63, 3.8) is 0 Å². The number of aromatic nitrogens is 2. The molecule has 2 aliphatic rings. The molecule has 2 saturated carbocycles. The van der Waals surface area contributed by atoms with E-state index < -0.39 is 38.3 Å². The van der Waals surface area contributed by atoms with Crippen molar-refractivity contribution in [2.24, 2.45) is 5.41 Å². The summed E-state index contributed by atoms with van der Waals surface area (Å²) in [4.78, 5) is 38.2. The van der Waals surface area contributed by atoms with Gasteiger partial charge >= 0.3 is 5.69 Å². The van der Waals surface area contributed by atoms with Gasteiger partial charge in [-0.05, 0) is 56.2 Å². The molecule has 0 saturated heterocycles. The SMILES string of the molecule is C=C(C#N)C(=O)Nn1c(=O)c2cc(S(=O)(=O)NC3(C)CC3)ccc2n(CC2(C)CC2)c1=O. The molecule has 1 amide bonds. The van der Waals surface area contributed by atoms with Gasteiger partial charge in [-0.1, -0.05) is 13.5 Å². The molecular weight excluding hydrogens is 434 g/mol. The fourth-order valence-corrected chi connectivity index (χ4v) is 4.91. The molecule has 168 valence electrons. The Bertz CT molecular complexity index is 1440. The van der Waals surface area contributed by atoms with Crippen molar-refractivity contribution in [1.29, 1.82) is 5.26 Å². The molecule has 11 heteroatoms. The van der Waals surface area contributed by atoms with Gasteiger partial charge < -0.3 is 0 Å². The summed E-state index contributed by atoms with van der Waals surface area (Å²) in [6.07, 6.45) is 3.23. The van der Waals surface area contributed by atoms with Gasteiger partial charge in [-0.2, -0.15) is 9.94 Å². The van der Waals surface area contributed by atoms with E-state index in [0.29, 0.717) is 11.2 Å². The van der Waals surface area contributed by atoms with Gasteiger partial charge in [0.05, 0.1) is 15.8 Å². The number of fused-ring (bicyclic) bond motifs is 1. The first-order valence-electron chi connectivity index (χ1n) is 10.1. The molecule has 2 N–H and O–H groups in total. The highest BCUT2D eigenvalue weighted by Gasteiger charge is 2.41. The van der Waals surface area contributed by atoms with E-state index in [0.717, 1.165) is 25.7 Å². The number of carbonyl (C=O) groups excluding carboxylic acids is 1. The highest BCUT2D eigenvalue weighted by Crippen LogP contribution is 2.46. The zero-order valence-corrected chi connectivity index (χ0v) is 18.6. The zero-order chi connectivity index (χ0) is 23.5. The minimum Gasteiger partial charge on any atom is -0.291 e. The highest BCUT2D eigenvalue weighted by molar-refractivity contribution is 7.89. The van der Waals surface area contributed by atoms with E-state index in [-0.39, 0.29) is 21.2 Å². The largest absolute Gasteiger partial charge is 0.350 e. The Hall–Kier alpha value is -3.23. The molecule has 0 spiro atoms. The van der Waals surface area contributed by atoms with Crippen LogP contribution in [0.2, 0.25) is 0 Å². The molecule has 4 rings (SSSR count). The van der Waals surface area contributed by atoms with Crippen molar-refractivity contribution >= 4 is 26.8 Å². The number of amides is 1. The second kappa shape index (κ2) is 7.15. The van der Waals surface area contributed by atoms with Crippen LogP contribution in [0.4, 0.5) is 0 Å². The standard InChI is InChI=1S/C21H23N5O5S/c1-13(11-22)17(27)23-26-18(28)15-10-14(32(30,31)24-21(3)8-9-21)4-5-16(15)25(19(26)29)12-20(2)6-7-20/h4-5,10,24H,1,6-9,12H2,2-3H3,(H,23,27). The molecule has 2 aromatic rings. The van der Waals surface area contributed by atoms with E-state index in [1.165, 1.54) is 22.8 Å². The summed E-state index contributed by atoms with van der Waals surface area (Å²) in [7, 11) is -3.89. The molecule has 32 heavy (non-hydrogen) atoms. The van der Waals surface area contributed by atoms with Gasteiger partial charge in [0.25, 0.3) is 11.5 Å². The van der Waals surface area contributed by atoms with Crippen molar-refractivity contribution in [3.8, 4) is 6.07 Å². The van der Waals surface area contributed by atoms with Crippen molar-refractivity contribution in [3.05, 3.63) is 51.2 Å². The summed E-state index contributed by atoms with van der Waals surface area (Å²) in [5, 5.41) is 8.84. The monoisotopic (exact) mass is 457 g/mol. The topological polar surface area (TPSA) is 143 Å². The van der Waals surface area contributed by atoms with Crippen molar-refractivity contribution < 1.29 is 13.2 Å². The van der Waals surface area contributed by atoms with E-state index in [9.17, 15) is 22.8 Å². The number of nitriles is 1. The third-order valence-electron chi connectivity index (χ3n) is 6.07. The molecule has 10 nitrogen and oxygen atoms in total. The summed E-state index contributed by atoms with van der Waals surface area (Å²) in [5.41, 5.74) is -0.395. The van der Waals surface area contributed by atoms with Crippen LogP contribution in [-0.2, 0) is 21.4 Å². The first kappa shape index (κ1) is 22.0. The van der Waals surface area contributed by atoms with Gasteiger partial charge in [0.2, 0.25) is 10.0 Å². The van der Waals surface area contributed by atoms with E-state index in [1.807, 2.05) is 6.92 Å². The quantitative estimate of drug-likeness (QED) is 0.468. The summed E-state index contributed by atoms with van der Waals surface area (Å²) in [6.45, 7) is 7.37. The number of rotatable bonds is 7. The van der Waals surface area contributed by atoms with Gasteiger partial charge in [-0.3, -0.25) is 19.6 Å². The molecule has 1 aromatic heterocycles. The van der Waals surface area contributed by atoms with Gasteiger partial charge in [0, 0.05) is 12.1 Å². The number of carbonyl (C=O) groups is 1. The molecular formula is C21H23N5O5S. The maximum absolute atomic E-state index is 13.1. The van der Waals surface area contributed by atoms with E-state index >= 15 is 0 Å². The number of nitrogens with one attached hydrogen (secondary N) is 2. The second-order valence-corrected chi connectivity index (χ2v) is 10.9. The minimum atomic E-state index is -3.89. The molecule has 0 radical (unpaired) electrons. The third kappa shape index (κ3) is 3.99. The van der Waals surface area contributed by atoms with Gasteiger partial charge in [-0.25, -0.2) is 17.9 Å². The number of hydrogen-bond donors (Lipinski definition) is 2. The normalized spacial score (nSPS) is 18.0. The van der Waals surface area contributed by atoms with E-state index in [4.69, 9.17) is 5.26 Å². The lowest BCUT2D eigenvalue weighted by molar-refractivity contribution is -0.113. The summed E-state index contributed by atoms with van der Waals surface area (Å²) >= 11 is 0. The Morgan fingerprint density at radius 2 is 1.88 bits per heavy atom.